The van der Waals surface area contributed by atoms with Crippen LogP contribution in [0, 0.1) is 6.92 Å². The second kappa shape index (κ2) is 8.60. The monoisotopic (exact) mass is 409 g/mol. The Hall–Kier alpha value is -2.67. The lowest BCUT2D eigenvalue weighted by Gasteiger charge is -2.34. The highest BCUT2D eigenvalue weighted by Crippen LogP contribution is 2.27. The second-order valence-electron chi connectivity index (χ2n) is 8.60. The topological polar surface area (TPSA) is 84.6 Å². The Bertz CT molecular complexity index is 922. The van der Waals surface area contributed by atoms with E-state index in [0.717, 1.165) is 68.3 Å². The summed E-state index contributed by atoms with van der Waals surface area (Å²) in [5, 5.41) is 0. The molecule has 30 heavy (non-hydrogen) atoms. The minimum atomic E-state index is -0.491. The van der Waals surface area contributed by atoms with Gasteiger partial charge in [0.25, 0.3) is 5.91 Å². The van der Waals surface area contributed by atoms with E-state index >= 15 is 0 Å². The van der Waals surface area contributed by atoms with Crippen LogP contribution in [0.3, 0.4) is 0 Å². The van der Waals surface area contributed by atoms with E-state index in [4.69, 9.17) is 15.5 Å². The molecule has 0 atom stereocenters. The quantitative estimate of drug-likeness (QED) is 0.817. The number of aryl methyl sites for hydroxylation is 1. The van der Waals surface area contributed by atoms with Crippen molar-refractivity contribution in [2.24, 2.45) is 5.73 Å². The molecule has 160 valence electrons. The minimum absolute atomic E-state index is 0.253. The number of likely N-dealkylation sites (tertiary alicyclic amines) is 1. The first-order valence-corrected chi connectivity index (χ1v) is 10.8. The zero-order valence-electron chi connectivity index (χ0n) is 18.1. The van der Waals surface area contributed by atoms with E-state index in [1.807, 2.05) is 19.1 Å². The van der Waals surface area contributed by atoms with Gasteiger partial charge in [0.2, 0.25) is 5.88 Å². The molecule has 0 aromatic carbocycles. The van der Waals surface area contributed by atoms with Gasteiger partial charge in [-0.2, -0.15) is 0 Å². The van der Waals surface area contributed by atoms with Gasteiger partial charge in [0.1, 0.15) is 11.8 Å². The van der Waals surface area contributed by atoms with Crippen LogP contribution >= 0.6 is 0 Å². The molecule has 0 spiro atoms. The molecule has 0 unspecified atom stereocenters. The predicted molar refractivity (Wildman–Crippen MR) is 117 cm³/mol. The third kappa shape index (κ3) is 4.41. The number of fused-ring (bicyclic) bond motifs is 1. The first-order chi connectivity index (χ1) is 14.4. The molecule has 0 bridgehead atoms. The molecule has 4 rings (SSSR count). The van der Waals surface area contributed by atoms with E-state index in [1.165, 1.54) is 5.56 Å². The van der Waals surface area contributed by atoms with Crippen molar-refractivity contribution in [3.05, 3.63) is 46.9 Å². The first kappa shape index (κ1) is 20.6. The average molecular weight is 410 g/mol. The molecule has 7 heteroatoms. The van der Waals surface area contributed by atoms with Crippen LogP contribution in [0.2, 0.25) is 0 Å². The molecule has 0 radical (unpaired) electrons. The van der Waals surface area contributed by atoms with Crippen molar-refractivity contribution >= 4 is 11.6 Å². The minimum Gasteiger partial charge on any atom is -0.474 e. The van der Waals surface area contributed by atoms with Crippen molar-refractivity contribution < 1.29 is 9.53 Å². The van der Waals surface area contributed by atoms with Gasteiger partial charge in [0.15, 0.2) is 0 Å². The van der Waals surface area contributed by atoms with Gasteiger partial charge in [-0.3, -0.25) is 4.79 Å². The fourth-order valence-electron chi connectivity index (χ4n) is 4.35. The van der Waals surface area contributed by atoms with Gasteiger partial charge in [0.05, 0.1) is 17.6 Å². The van der Waals surface area contributed by atoms with Gasteiger partial charge in [0, 0.05) is 44.7 Å². The number of aromatic nitrogens is 2. The molecular formula is C23H31N5O2. The number of amides is 1. The SMILES string of the molecule is Cc1cc(N2CCc3nc(OC4CCN(C(C)C)CC4)ccc3C2)cnc1C(N)=O. The van der Waals surface area contributed by atoms with Gasteiger partial charge in [-0.15, -0.1) is 0 Å². The zero-order chi connectivity index (χ0) is 21.3. The molecule has 2 N–H and O–H groups in total. The van der Waals surface area contributed by atoms with Crippen LogP contribution < -0.4 is 15.4 Å². The van der Waals surface area contributed by atoms with E-state index in [1.54, 1.807) is 6.20 Å². The lowest BCUT2D eigenvalue weighted by Crippen LogP contribution is -2.41. The molecule has 1 amide bonds. The van der Waals surface area contributed by atoms with Crippen LogP contribution in [-0.2, 0) is 13.0 Å². The Kier molecular flexibility index (Phi) is 5.90. The Balaban J connectivity index is 1.40. The van der Waals surface area contributed by atoms with Gasteiger partial charge < -0.3 is 20.3 Å². The Morgan fingerprint density at radius 3 is 2.67 bits per heavy atom. The normalized spacial score (nSPS) is 17.8. The van der Waals surface area contributed by atoms with E-state index < -0.39 is 5.91 Å². The smallest absolute Gasteiger partial charge is 0.267 e. The second-order valence-corrected chi connectivity index (χ2v) is 8.60. The van der Waals surface area contributed by atoms with Gasteiger partial charge in [-0.05, 0) is 50.8 Å². The van der Waals surface area contributed by atoms with Gasteiger partial charge in [-0.25, -0.2) is 9.97 Å². The summed E-state index contributed by atoms with van der Waals surface area (Å²) in [4.78, 5) is 25.2. The fraction of sp³-hybridized carbons (Fsp3) is 0.522. The summed E-state index contributed by atoms with van der Waals surface area (Å²) in [6.07, 6.45) is 4.95. The van der Waals surface area contributed by atoms with E-state index in [-0.39, 0.29) is 6.10 Å². The molecular weight excluding hydrogens is 378 g/mol. The Morgan fingerprint density at radius 1 is 1.23 bits per heavy atom. The molecule has 0 aliphatic carbocycles. The molecule has 2 aromatic heterocycles. The van der Waals surface area contributed by atoms with Crippen LogP contribution in [0.1, 0.15) is 54.0 Å². The molecule has 7 nitrogen and oxygen atoms in total. The number of carbonyl (C=O) groups excluding carboxylic acids is 1. The summed E-state index contributed by atoms with van der Waals surface area (Å²) in [6, 6.07) is 6.70. The number of pyridine rings is 2. The number of rotatable bonds is 5. The number of ether oxygens (including phenoxy) is 1. The van der Waals surface area contributed by atoms with Crippen LogP contribution in [0.25, 0.3) is 0 Å². The number of piperidine rings is 1. The van der Waals surface area contributed by atoms with Crippen LogP contribution in [0.5, 0.6) is 5.88 Å². The maximum Gasteiger partial charge on any atom is 0.267 e. The highest BCUT2D eigenvalue weighted by molar-refractivity contribution is 5.92. The number of nitrogens with two attached hydrogens (primary N) is 1. The number of hydrogen-bond acceptors (Lipinski definition) is 6. The Morgan fingerprint density at radius 2 is 2.00 bits per heavy atom. The number of carbonyl (C=O) groups is 1. The summed E-state index contributed by atoms with van der Waals surface area (Å²) in [5.74, 6) is 0.253. The highest BCUT2D eigenvalue weighted by atomic mass is 16.5. The van der Waals surface area contributed by atoms with Crippen molar-refractivity contribution in [2.75, 3.05) is 24.5 Å². The van der Waals surface area contributed by atoms with Gasteiger partial charge in [-0.1, -0.05) is 6.07 Å². The third-order valence-electron chi connectivity index (χ3n) is 6.18. The van der Waals surface area contributed by atoms with Crippen molar-refractivity contribution in [3.8, 4) is 5.88 Å². The molecule has 2 aromatic rings. The molecule has 2 aliphatic rings. The van der Waals surface area contributed by atoms with Crippen LogP contribution in [0.15, 0.2) is 24.4 Å². The fourth-order valence-corrected chi connectivity index (χ4v) is 4.35. The molecule has 1 fully saturated rings. The van der Waals surface area contributed by atoms with E-state index in [0.29, 0.717) is 11.7 Å². The number of nitrogens with zero attached hydrogens (tertiary/aromatic N) is 4. The van der Waals surface area contributed by atoms with Crippen molar-refractivity contribution in [1.82, 2.24) is 14.9 Å². The number of hydrogen-bond donors (Lipinski definition) is 1. The first-order valence-electron chi connectivity index (χ1n) is 10.8. The van der Waals surface area contributed by atoms with E-state index in [2.05, 4.69) is 34.7 Å². The van der Waals surface area contributed by atoms with Crippen molar-refractivity contribution in [1.29, 1.82) is 0 Å². The molecule has 0 saturated carbocycles. The number of anilines is 1. The largest absolute Gasteiger partial charge is 0.474 e. The lowest BCUT2D eigenvalue weighted by molar-refractivity contribution is 0.0811. The predicted octanol–water partition coefficient (Wildman–Crippen LogP) is 2.70. The molecule has 1 saturated heterocycles. The van der Waals surface area contributed by atoms with Crippen LogP contribution in [0.4, 0.5) is 5.69 Å². The summed E-state index contributed by atoms with van der Waals surface area (Å²) >= 11 is 0. The average Bonchev–Trinajstić information content (AvgIpc) is 2.73. The van der Waals surface area contributed by atoms with Crippen LogP contribution in [-0.4, -0.2) is 52.6 Å². The highest BCUT2D eigenvalue weighted by Gasteiger charge is 2.24. The molecule has 2 aliphatic heterocycles. The maximum atomic E-state index is 11.4. The van der Waals surface area contributed by atoms with Crippen molar-refractivity contribution in [2.45, 2.75) is 58.7 Å². The maximum absolute atomic E-state index is 11.4. The number of primary amides is 1. The Labute approximate surface area is 178 Å². The van der Waals surface area contributed by atoms with Crippen molar-refractivity contribution in [3.63, 3.8) is 0 Å². The van der Waals surface area contributed by atoms with Gasteiger partial charge >= 0.3 is 0 Å². The summed E-state index contributed by atoms with van der Waals surface area (Å²) in [6.45, 7) is 10.2. The van der Waals surface area contributed by atoms with E-state index in [9.17, 15) is 4.79 Å². The zero-order valence-corrected chi connectivity index (χ0v) is 18.1. The summed E-state index contributed by atoms with van der Waals surface area (Å²) in [5.41, 5.74) is 9.83. The summed E-state index contributed by atoms with van der Waals surface area (Å²) < 4.78 is 6.21. The third-order valence-corrected chi connectivity index (χ3v) is 6.18. The summed E-state index contributed by atoms with van der Waals surface area (Å²) in [7, 11) is 0. The standard InChI is InChI=1S/C23H31N5O2/c1-15(2)27-9-6-19(7-10-27)30-21-5-4-17-14-28(11-8-20(17)26-21)18-12-16(3)22(23(24)29)25-13-18/h4-5,12-13,15,19H,6-11,14H2,1-3H3,(H2,24,29). The molecule has 4 heterocycles. The lowest BCUT2D eigenvalue weighted by atomic mass is 10.0.